The number of hydrogen-bond acceptors (Lipinski definition) is 2. The summed E-state index contributed by atoms with van der Waals surface area (Å²) in [7, 11) is 1.86. The Morgan fingerprint density at radius 2 is 2.05 bits per heavy atom. The van der Waals surface area contributed by atoms with Gasteiger partial charge in [-0.25, -0.2) is 0 Å². The van der Waals surface area contributed by atoms with E-state index in [0.29, 0.717) is 6.04 Å². The molecule has 2 N–H and O–H groups in total. The lowest BCUT2D eigenvalue weighted by atomic mass is 9.91. The van der Waals surface area contributed by atoms with Crippen LogP contribution in [0.25, 0.3) is 0 Å². The molecule has 1 aromatic rings. The van der Waals surface area contributed by atoms with E-state index in [-0.39, 0.29) is 29.4 Å². The molecule has 1 aromatic heterocycles. The van der Waals surface area contributed by atoms with E-state index < -0.39 is 0 Å². The van der Waals surface area contributed by atoms with Gasteiger partial charge in [-0.2, -0.15) is 0 Å². The van der Waals surface area contributed by atoms with Crippen LogP contribution in [0.15, 0.2) is 22.5 Å². The highest BCUT2D eigenvalue weighted by Crippen LogP contribution is 2.26. The van der Waals surface area contributed by atoms with Gasteiger partial charge < -0.3 is 10.6 Å². The minimum absolute atomic E-state index is 0. The maximum atomic E-state index is 4.36. The second kappa shape index (κ2) is 8.98. The van der Waals surface area contributed by atoms with Crippen LogP contribution in [0.5, 0.6) is 0 Å². The van der Waals surface area contributed by atoms with Gasteiger partial charge >= 0.3 is 0 Å². The molecule has 1 aliphatic carbocycles. The summed E-state index contributed by atoms with van der Waals surface area (Å²) >= 11 is 1.82. The summed E-state index contributed by atoms with van der Waals surface area (Å²) in [5.74, 6) is 0.946. The second-order valence-electron chi connectivity index (χ2n) is 6.27. The van der Waals surface area contributed by atoms with Crippen LogP contribution < -0.4 is 10.6 Å². The van der Waals surface area contributed by atoms with Crippen molar-refractivity contribution in [2.75, 3.05) is 13.6 Å². The molecule has 120 valence electrons. The zero-order chi connectivity index (χ0) is 14.4. The summed E-state index contributed by atoms with van der Waals surface area (Å²) in [5.41, 5.74) is 0.137. The van der Waals surface area contributed by atoms with E-state index in [9.17, 15) is 0 Å². The van der Waals surface area contributed by atoms with Gasteiger partial charge in [-0.05, 0) is 24.3 Å². The van der Waals surface area contributed by atoms with Gasteiger partial charge in [0.05, 0.1) is 0 Å². The lowest BCUT2D eigenvalue weighted by Crippen LogP contribution is -2.47. The first-order chi connectivity index (χ1) is 9.62. The largest absolute Gasteiger partial charge is 0.356 e. The number of rotatable bonds is 4. The quantitative estimate of drug-likeness (QED) is 0.436. The van der Waals surface area contributed by atoms with Gasteiger partial charge in [0.1, 0.15) is 0 Å². The normalized spacial score (nSPS) is 17.2. The predicted molar refractivity (Wildman–Crippen MR) is 104 cm³/mol. The molecule has 0 saturated heterocycles. The summed E-state index contributed by atoms with van der Waals surface area (Å²) in [6.45, 7) is 5.46. The van der Waals surface area contributed by atoms with Gasteiger partial charge in [-0.1, -0.05) is 39.2 Å². The molecule has 1 aliphatic rings. The molecule has 0 radical (unpaired) electrons. The van der Waals surface area contributed by atoms with Crippen LogP contribution >= 0.6 is 35.3 Å². The molecular formula is C16H28IN3S. The van der Waals surface area contributed by atoms with E-state index in [1.807, 2.05) is 18.4 Å². The molecule has 21 heavy (non-hydrogen) atoms. The third-order valence-corrected chi connectivity index (χ3v) is 5.29. The SMILES string of the molecule is CN=C(NCC(C)(C)c1cccs1)NC1CCCCC1.I. The Morgan fingerprint density at radius 3 is 2.62 bits per heavy atom. The summed E-state index contributed by atoms with van der Waals surface area (Å²) < 4.78 is 0. The number of guanidine groups is 1. The van der Waals surface area contributed by atoms with Crippen molar-refractivity contribution < 1.29 is 0 Å². The monoisotopic (exact) mass is 421 g/mol. The third-order valence-electron chi connectivity index (χ3n) is 4.06. The lowest BCUT2D eigenvalue weighted by molar-refractivity contribution is 0.407. The van der Waals surface area contributed by atoms with Crippen molar-refractivity contribution in [3.05, 3.63) is 22.4 Å². The molecule has 1 fully saturated rings. The first-order valence-corrected chi connectivity index (χ1v) is 8.51. The first-order valence-electron chi connectivity index (χ1n) is 7.63. The van der Waals surface area contributed by atoms with Crippen LogP contribution in [0, 0.1) is 0 Å². The highest BCUT2D eigenvalue weighted by atomic mass is 127. The fourth-order valence-corrected chi connectivity index (χ4v) is 3.54. The zero-order valence-electron chi connectivity index (χ0n) is 13.3. The van der Waals surface area contributed by atoms with Gasteiger partial charge in [0.15, 0.2) is 5.96 Å². The minimum Gasteiger partial charge on any atom is -0.356 e. The fraction of sp³-hybridized carbons (Fsp3) is 0.688. The van der Waals surface area contributed by atoms with Crippen molar-refractivity contribution in [2.45, 2.75) is 57.4 Å². The first kappa shape index (κ1) is 18.7. The van der Waals surface area contributed by atoms with E-state index in [4.69, 9.17) is 0 Å². The average molecular weight is 421 g/mol. The van der Waals surface area contributed by atoms with Crippen molar-refractivity contribution in [3.8, 4) is 0 Å². The van der Waals surface area contributed by atoms with Crippen molar-refractivity contribution in [3.63, 3.8) is 0 Å². The van der Waals surface area contributed by atoms with Gasteiger partial charge in [0, 0.05) is 29.9 Å². The van der Waals surface area contributed by atoms with Crippen LogP contribution in [0.2, 0.25) is 0 Å². The molecule has 3 nitrogen and oxygen atoms in total. The van der Waals surface area contributed by atoms with Gasteiger partial charge in [0.2, 0.25) is 0 Å². The highest BCUT2D eigenvalue weighted by Gasteiger charge is 2.22. The topological polar surface area (TPSA) is 36.4 Å². The van der Waals surface area contributed by atoms with Crippen molar-refractivity contribution in [1.82, 2.24) is 10.6 Å². The summed E-state index contributed by atoms with van der Waals surface area (Å²) in [6.07, 6.45) is 6.62. The van der Waals surface area contributed by atoms with Crippen LogP contribution in [0.3, 0.4) is 0 Å². The van der Waals surface area contributed by atoms with Crippen LogP contribution in [0.1, 0.15) is 50.8 Å². The Morgan fingerprint density at radius 1 is 1.33 bits per heavy atom. The summed E-state index contributed by atoms with van der Waals surface area (Å²) in [4.78, 5) is 5.78. The Hall–Kier alpha value is -0.300. The van der Waals surface area contributed by atoms with E-state index in [2.05, 4.69) is 47.0 Å². The van der Waals surface area contributed by atoms with Gasteiger partial charge in [-0.15, -0.1) is 35.3 Å². The summed E-state index contributed by atoms with van der Waals surface area (Å²) in [6, 6.07) is 4.93. The molecule has 2 rings (SSSR count). The average Bonchev–Trinajstić information content (AvgIpc) is 2.99. The number of aliphatic imine (C=N–C) groups is 1. The number of nitrogens with one attached hydrogen (secondary N) is 2. The minimum atomic E-state index is 0. The second-order valence-corrected chi connectivity index (χ2v) is 7.21. The number of hydrogen-bond donors (Lipinski definition) is 2. The molecule has 0 bridgehead atoms. The van der Waals surface area contributed by atoms with E-state index in [0.717, 1.165) is 12.5 Å². The Bertz CT molecular complexity index is 423. The molecule has 0 atom stereocenters. The standard InChI is InChI=1S/C16H27N3S.HI/c1-16(2,14-10-7-11-20-14)12-18-15(17-3)19-13-8-5-4-6-9-13;/h7,10-11,13H,4-6,8-9,12H2,1-3H3,(H2,17,18,19);1H. The van der Waals surface area contributed by atoms with Gasteiger partial charge in [-0.3, -0.25) is 4.99 Å². The molecule has 0 unspecified atom stereocenters. The fourth-order valence-electron chi connectivity index (χ4n) is 2.69. The Labute approximate surface area is 150 Å². The number of thiophene rings is 1. The molecule has 1 saturated carbocycles. The molecular weight excluding hydrogens is 393 g/mol. The van der Waals surface area contributed by atoms with Gasteiger partial charge in [0.25, 0.3) is 0 Å². The molecule has 0 aliphatic heterocycles. The van der Waals surface area contributed by atoms with E-state index >= 15 is 0 Å². The smallest absolute Gasteiger partial charge is 0.191 e. The van der Waals surface area contributed by atoms with Crippen molar-refractivity contribution in [1.29, 1.82) is 0 Å². The molecule has 1 heterocycles. The number of halogens is 1. The highest BCUT2D eigenvalue weighted by molar-refractivity contribution is 14.0. The molecule has 0 aromatic carbocycles. The predicted octanol–water partition coefficient (Wildman–Crippen LogP) is 4.14. The molecule has 0 spiro atoms. The van der Waals surface area contributed by atoms with Crippen LogP contribution in [-0.4, -0.2) is 25.6 Å². The van der Waals surface area contributed by atoms with E-state index in [1.54, 1.807) is 0 Å². The third kappa shape index (κ3) is 5.77. The Kier molecular flexibility index (Phi) is 8.02. The van der Waals surface area contributed by atoms with Crippen molar-refractivity contribution in [2.24, 2.45) is 4.99 Å². The maximum Gasteiger partial charge on any atom is 0.191 e. The number of nitrogens with zero attached hydrogens (tertiary/aromatic N) is 1. The van der Waals surface area contributed by atoms with Crippen LogP contribution in [0.4, 0.5) is 0 Å². The van der Waals surface area contributed by atoms with E-state index in [1.165, 1.54) is 37.0 Å². The van der Waals surface area contributed by atoms with Crippen molar-refractivity contribution >= 4 is 41.3 Å². The zero-order valence-corrected chi connectivity index (χ0v) is 16.5. The molecule has 5 heteroatoms. The lowest BCUT2D eigenvalue weighted by Gasteiger charge is -2.28. The molecule has 0 amide bonds. The Balaban J connectivity index is 0.00000220. The maximum absolute atomic E-state index is 4.36. The summed E-state index contributed by atoms with van der Waals surface area (Å²) in [5, 5.41) is 9.20. The van der Waals surface area contributed by atoms with Crippen LogP contribution in [-0.2, 0) is 5.41 Å².